The summed E-state index contributed by atoms with van der Waals surface area (Å²) in [4.78, 5) is 14.8. The lowest BCUT2D eigenvalue weighted by molar-refractivity contribution is 0.0688. The van der Waals surface area contributed by atoms with Crippen molar-refractivity contribution in [1.82, 2.24) is 18.9 Å². The predicted molar refractivity (Wildman–Crippen MR) is 104 cm³/mol. The van der Waals surface area contributed by atoms with E-state index in [-0.39, 0.29) is 29.7 Å². The first-order valence-electron chi connectivity index (χ1n) is 9.07. The molecule has 4 rings (SSSR count). The van der Waals surface area contributed by atoms with E-state index in [9.17, 15) is 13.2 Å². The monoisotopic (exact) mass is 402 g/mol. The Morgan fingerprint density at radius 2 is 1.79 bits per heavy atom. The maximum atomic E-state index is 13.0. The largest absolute Gasteiger partial charge is 0.360 e. The molecule has 28 heavy (non-hydrogen) atoms. The van der Waals surface area contributed by atoms with Crippen LogP contribution in [0.5, 0.6) is 0 Å². The first-order chi connectivity index (χ1) is 13.3. The van der Waals surface area contributed by atoms with E-state index in [1.807, 2.05) is 41.9 Å². The van der Waals surface area contributed by atoms with Crippen molar-refractivity contribution in [2.75, 3.05) is 26.2 Å². The van der Waals surface area contributed by atoms with Crippen molar-refractivity contribution in [2.45, 2.75) is 18.7 Å². The summed E-state index contributed by atoms with van der Waals surface area (Å²) in [6.07, 6.45) is 0. The molecule has 0 unspecified atom stereocenters. The highest BCUT2D eigenvalue weighted by Gasteiger charge is 2.34. The highest BCUT2D eigenvalue weighted by molar-refractivity contribution is 7.89. The summed E-state index contributed by atoms with van der Waals surface area (Å²) in [5, 5.41) is 4.75. The minimum Gasteiger partial charge on any atom is -0.360 e. The number of fused-ring (bicyclic) bond motifs is 1. The zero-order valence-corrected chi connectivity index (χ0v) is 16.9. The maximum Gasteiger partial charge on any atom is 0.270 e. The summed E-state index contributed by atoms with van der Waals surface area (Å²) < 4.78 is 34.1. The molecular formula is C19H22N4O4S. The van der Waals surface area contributed by atoms with E-state index < -0.39 is 10.0 Å². The van der Waals surface area contributed by atoms with E-state index >= 15 is 0 Å². The molecule has 1 saturated heterocycles. The van der Waals surface area contributed by atoms with Gasteiger partial charge in [0.2, 0.25) is 10.0 Å². The molecule has 0 N–H and O–H groups in total. The molecule has 0 radical (unpaired) electrons. The number of para-hydroxylation sites is 1. The highest BCUT2D eigenvalue weighted by Crippen LogP contribution is 2.25. The van der Waals surface area contributed by atoms with Crippen molar-refractivity contribution < 1.29 is 17.7 Å². The molecule has 8 nitrogen and oxygen atoms in total. The number of benzene rings is 1. The number of amides is 1. The molecule has 0 atom stereocenters. The van der Waals surface area contributed by atoms with Gasteiger partial charge in [-0.2, -0.15) is 4.31 Å². The van der Waals surface area contributed by atoms with E-state index in [4.69, 9.17) is 4.52 Å². The van der Waals surface area contributed by atoms with Gasteiger partial charge in [-0.3, -0.25) is 4.79 Å². The molecule has 0 bridgehead atoms. The van der Waals surface area contributed by atoms with Crippen molar-refractivity contribution in [2.24, 2.45) is 7.05 Å². The molecule has 3 aromatic rings. The van der Waals surface area contributed by atoms with Gasteiger partial charge in [0.15, 0.2) is 5.76 Å². The Bertz CT molecular complexity index is 1130. The van der Waals surface area contributed by atoms with Gasteiger partial charge in [-0.15, -0.1) is 0 Å². The topological polar surface area (TPSA) is 88.7 Å². The van der Waals surface area contributed by atoms with Crippen LogP contribution in [0.15, 0.2) is 39.8 Å². The quantitative estimate of drug-likeness (QED) is 0.668. The summed E-state index contributed by atoms with van der Waals surface area (Å²) in [6, 6.07) is 9.70. The zero-order valence-electron chi connectivity index (χ0n) is 16.0. The molecule has 1 aliphatic heterocycles. The van der Waals surface area contributed by atoms with Crippen LogP contribution in [0.2, 0.25) is 0 Å². The van der Waals surface area contributed by atoms with Crippen LogP contribution in [0.1, 0.15) is 21.9 Å². The number of rotatable bonds is 3. The third kappa shape index (κ3) is 2.91. The van der Waals surface area contributed by atoms with Crippen LogP contribution in [0.25, 0.3) is 10.9 Å². The van der Waals surface area contributed by atoms with Crippen molar-refractivity contribution in [3.63, 3.8) is 0 Å². The van der Waals surface area contributed by atoms with Gasteiger partial charge in [-0.25, -0.2) is 8.42 Å². The summed E-state index contributed by atoms with van der Waals surface area (Å²) in [6.45, 7) is 4.35. The summed E-state index contributed by atoms with van der Waals surface area (Å²) in [5.41, 5.74) is 1.94. The van der Waals surface area contributed by atoms with Crippen molar-refractivity contribution in [1.29, 1.82) is 0 Å². The van der Waals surface area contributed by atoms with E-state index in [0.29, 0.717) is 24.5 Å². The van der Waals surface area contributed by atoms with Crippen LogP contribution in [0.3, 0.4) is 0 Å². The van der Waals surface area contributed by atoms with Gasteiger partial charge < -0.3 is 14.0 Å². The predicted octanol–water partition coefficient (Wildman–Crippen LogP) is 1.93. The van der Waals surface area contributed by atoms with E-state index in [1.165, 1.54) is 4.31 Å². The lowest BCUT2D eigenvalue weighted by Crippen LogP contribution is -2.50. The number of nitrogens with zero attached hydrogens (tertiary/aromatic N) is 4. The molecule has 1 amide bonds. The molecule has 148 valence electrons. The van der Waals surface area contributed by atoms with Gasteiger partial charge in [0.1, 0.15) is 16.3 Å². The third-order valence-electron chi connectivity index (χ3n) is 5.26. The minimum atomic E-state index is -3.69. The van der Waals surface area contributed by atoms with E-state index in [0.717, 1.165) is 10.9 Å². The van der Waals surface area contributed by atoms with Crippen molar-refractivity contribution >= 4 is 26.8 Å². The van der Waals surface area contributed by atoms with Crippen LogP contribution >= 0.6 is 0 Å². The Kier molecular flexibility index (Phi) is 4.51. The molecular weight excluding hydrogens is 380 g/mol. The van der Waals surface area contributed by atoms with Crippen LogP contribution in [-0.4, -0.2) is 59.4 Å². The van der Waals surface area contributed by atoms with Crippen molar-refractivity contribution in [3.05, 3.63) is 47.5 Å². The molecule has 1 aliphatic rings. The molecule has 9 heteroatoms. The fourth-order valence-electron chi connectivity index (χ4n) is 3.76. The highest BCUT2D eigenvalue weighted by atomic mass is 32.2. The number of piperazine rings is 1. The second-order valence-corrected chi connectivity index (χ2v) is 8.87. The average Bonchev–Trinajstić information content (AvgIpc) is 3.21. The van der Waals surface area contributed by atoms with Gasteiger partial charge in [-0.1, -0.05) is 23.4 Å². The Balaban J connectivity index is 1.52. The number of aromatic nitrogens is 2. The Morgan fingerprint density at radius 1 is 1.11 bits per heavy atom. The Hall–Kier alpha value is -2.65. The van der Waals surface area contributed by atoms with Crippen LogP contribution < -0.4 is 0 Å². The zero-order chi connectivity index (χ0) is 20.1. The molecule has 2 aromatic heterocycles. The van der Waals surface area contributed by atoms with Gasteiger partial charge in [0.05, 0.1) is 0 Å². The third-order valence-corrected chi connectivity index (χ3v) is 7.41. The number of hydrogen-bond acceptors (Lipinski definition) is 5. The van der Waals surface area contributed by atoms with E-state index in [1.54, 1.807) is 18.7 Å². The SMILES string of the molecule is Cc1noc(C)c1S(=O)(=O)N1CCN(C(=O)c2cc3ccccc3n2C)CC1. The standard InChI is InChI=1S/C19H22N4O4S/c1-13-18(14(2)27-20-13)28(25,26)23-10-8-22(9-11-23)19(24)17-12-15-6-4-5-7-16(15)21(17)3/h4-7,12H,8-11H2,1-3H3. The molecule has 1 aromatic carbocycles. The van der Waals surface area contributed by atoms with Crippen molar-refractivity contribution in [3.8, 4) is 0 Å². The van der Waals surface area contributed by atoms with E-state index in [2.05, 4.69) is 5.16 Å². The van der Waals surface area contributed by atoms with Crippen LogP contribution in [0, 0.1) is 13.8 Å². The molecule has 0 spiro atoms. The minimum absolute atomic E-state index is 0.0897. The number of aryl methyl sites for hydroxylation is 3. The van der Waals surface area contributed by atoms with Crippen LogP contribution in [0.4, 0.5) is 0 Å². The van der Waals surface area contributed by atoms with Gasteiger partial charge in [-0.05, 0) is 26.0 Å². The Labute approximate surface area is 163 Å². The van der Waals surface area contributed by atoms with Crippen LogP contribution in [-0.2, 0) is 17.1 Å². The van der Waals surface area contributed by atoms with Gasteiger partial charge >= 0.3 is 0 Å². The lowest BCUT2D eigenvalue weighted by Gasteiger charge is -2.34. The Morgan fingerprint density at radius 3 is 2.39 bits per heavy atom. The molecule has 0 saturated carbocycles. The second kappa shape index (κ2) is 6.75. The van der Waals surface area contributed by atoms with Gasteiger partial charge in [0, 0.05) is 44.1 Å². The average molecular weight is 402 g/mol. The number of hydrogen-bond donors (Lipinski definition) is 0. The molecule has 0 aliphatic carbocycles. The molecule has 1 fully saturated rings. The summed E-state index contributed by atoms with van der Waals surface area (Å²) in [5.74, 6) is 0.194. The summed E-state index contributed by atoms with van der Waals surface area (Å²) in [7, 11) is -1.82. The first kappa shape index (κ1) is 18.7. The number of sulfonamides is 1. The molecule has 3 heterocycles. The number of carbonyl (C=O) groups excluding carboxylic acids is 1. The number of carbonyl (C=O) groups is 1. The lowest BCUT2D eigenvalue weighted by atomic mass is 10.2. The second-order valence-electron chi connectivity index (χ2n) is 7.00. The fraction of sp³-hybridized carbons (Fsp3) is 0.368. The fourth-order valence-corrected chi connectivity index (χ4v) is 5.47. The smallest absolute Gasteiger partial charge is 0.270 e. The summed E-state index contributed by atoms with van der Waals surface area (Å²) >= 11 is 0. The first-order valence-corrected chi connectivity index (χ1v) is 10.5. The maximum absolute atomic E-state index is 13.0. The van der Waals surface area contributed by atoms with Gasteiger partial charge in [0.25, 0.3) is 5.91 Å². The normalized spacial score (nSPS) is 16.0.